The van der Waals surface area contributed by atoms with Crippen LogP contribution in [0, 0.1) is 5.82 Å². The molecule has 0 bridgehead atoms. The number of rotatable bonds is 3. The molecule has 102 valence electrons. The van der Waals surface area contributed by atoms with Crippen molar-refractivity contribution >= 4 is 33.1 Å². The molecular formula is C10H10ClFN4O2S. The molecule has 0 radical (unpaired) electrons. The second-order valence-electron chi connectivity index (χ2n) is 3.75. The van der Waals surface area contributed by atoms with E-state index in [0.29, 0.717) is 0 Å². The van der Waals surface area contributed by atoms with Crippen molar-refractivity contribution in [3.8, 4) is 0 Å². The number of nitrogen functional groups attached to an aromatic ring is 1. The standard InChI is InChI=1S/C10H10ClFN4O2S/c1-16-10(8(13)5-14-16)15-19(17,18)9-4-6(12)2-3-7(9)11/h2-5,15H,13H2,1H3. The van der Waals surface area contributed by atoms with Crippen LogP contribution in [-0.4, -0.2) is 18.2 Å². The first-order valence-electron chi connectivity index (χ1n) is 5.06. The molecule has 0 spiro atoms. The molecule has 0 amide bonds. The molecular weight excluding hydrogens is 295 g/mol. The summed E-state index contributed by atoms with van der Waals surface area (Å²) in [5.41, 5.74) is 5.73. The number of nitrogens with two attached hydrogens (primary N) is 1. The zero-order chi connectivity index (χ0) is 14.2. The molecule has 0 aliphatic heterocycles. The van der Waals surface area contributed by atoms with E-state index in [9.17, 15) is 12.8 Å². The summed E-state index contributed by atoms with van der Waals surface area (Å²) in [6.45, 7) is 0. The first-order chi connectivity index (χ1) is 8.81. The summed E-state index contributed by atoms with van der Waals surface area (Å²) in [4.78, 5) is -0.366. The molecule has 2 rings (SSSR count). The van der Waals surface area contributed by atoms with Gasteiger partial charge in [0.15, 0.2) is 5.82 Å². The van der Waals surface area contributed by atoms with Gasteiger partial charge in [0.2, 0.25) is 0 Å². The van der Waals surface area contributed by atoms with Crippen LogP contribution in [0.25, 0.3) is 0 Å². The Morgan fingerprint density at radius 2 is 2.16 bits per heavy atom. The van der Waals surface area contributed by atoms with E-state index in [0.717, 1.165) is 18.2 Å². The van der Waals surface area contributed by atoms with Crippen molar-refractivity contribution in [3.05, 3.63) is 35.2 Å². The smallest absolute Gasteiger partial charge is 0.264 e. The predicted octanol–water partition coefficient (Wildman–Crippen LogP) is 1.60. The summed E-state index contributed by atoms with van der Waals surface area (Å²) in [5, 5.41) is 3.70. The monoisotopic (exact) mass is 304 g/mol. The second-order valence-corrected chi connectivity index (χ2v) is 5.81. The van der Waals surface area contributed by atoms with Crippen molar-refractivity contribution in [2.45, 2.75) is 4.90 Å². The van der Waals surface area contributed by atoms with E-state index >= 15 is 0 Å². The van der Waals surface area contributed by atoms with E-state index in [1.807, 2.05) is 0 Å². The lowest BCUT2D eigenvalue weighted by Crippen LogP contribution is -2.17. The van der Waals surface area contributed by atoms with Crippen LogP contribution in [-0.2, 0) is 17.1 Å². The van der Waals surface area contributed by atoms with Gasteiger partial charge in [-0.15, -0.1) is 0 Å². The summed E-state index contributed by atoms with van der Waals surface area (Å²) in [6.07, 6.45) is 1.30. The SMILES string of the molecule is Cn1ncc(N)c1NS(=O)(=O)c1cc(F)ccc1Cl. The van der Waals surface area contributed by atoms with E-state index in [1.54, 1.807) is 0 Å². The zero-order valence-electron chi connectivity index (χ0n) is 9.76. The maximum Gasteiger partial charge on any atom is 0.264 e. The molecule has 1 aromatic carbocycles. The van der Waals surface area contributed by atoms with Crippen LogP contribution in [0.1, 0.15) is 0 Å². The van der Waals surface area contributed by atoms with Crippen LogP contribution in [0.3, 0.4) is 0 Å². The molecule has 0 atom stereocenters. The highest BCUT2D eigenvalue weighted by molar-refractivity contribution is 7.92. The second kappa shape index (κ2) is 4.71. The molecule has 0 fully saturated rings. The largest absolute Gasteiger partial charge is 0.394 e. The average molecular weight is 305 g/mol. The predicted molar refractivity (Wildman–Crippen MR) is 69.8 cm³/mol. The molecule has 3 N–H and O–H groups in total. The van der Waals surface area contributed by atoms with Crippen LogP contribution >= 0.6 is 11.6 Å². The molecule has 19 heavy (non-hydrogen) atoms. The maximum atomic E-state index is 13.1. The molecule has 0 saturated carbocycles. The van der Waals surface area contributed by atoms with Crippen molar-refractivity contribution in [2.75, 3.05) is 10.5 Å². The Balaban J connectivity index is 2.47. The molecule has 1 heterocycles. The van der Waals surface area contributed by atoms with Gasteiger partial charge in [0.25, 0.3) is 10.0 Å². The lowest BCUT2D eigenvalue weighted by atomic mass is 10.3. The molecule has 0 aliphatic carbocycles. The van der Waals surface area contributed by atoms with Gasteiger partial charge in [-0.05, 0) is 18.2 Å². The van der Waals surface area contributed by atoms with Gasteiger partial charge < -0.3 is 5.73 Å². The minimum atomic E-state index is -4.04. The third-order valence-electron chi connectivity index (χ3n) is 2.38. The number of hydrogen-bond acceptors (Lipinski definition) is 4. The minimum Gasteiger partial charge on any atom is -0.394 e. The van der Waals surface area contributed by atoms with E-state index in [2.05, 4.69) is 9.82 Å². The molecule has 0 unspecified atom stereocenters. The summed E-state index contributed by atoms with van der Waals surface area (Å²) in [7, 11) is -2.53. The Morgan fingerprint density at radius 1 is 1.47 bits per heavy atom. The normalized spacial score (nSPS) is 11.5. The van der Waals surface area contributed by atoms with Crippen LogP contribution in [0.15, 0.2) is 29.3 Å². The van der Waals surface area contributed by atoms with E-state index in [-0.39, 0.29) is 21.4 Å². The lowest BCUT2D eigenvalue weighted by Gasteiger charge is -2.10. The minimum absolute atomic E-state index is 0.0836. The Kier molecular flexibility index (Phi) is 3.38. The number of aryl methyl sites for hydroxylation is 1. The van der Waals surface area contributed by atoms with Gasteiger partial charge in [-0.1, -0.05) is 11.6 Å². The summed E-state index contributed by atoms with van der Waals surface area (Å²) >= 11 is 5.76. The molecule has 9 heteroatoms. The van der Waals surface area contributed by atoms with Crippen molar-refractivity contribution in [1.29, 1.82) is 0 Å². The van der Waals surface area contributed by atoms with Crippen molar-refractivity contribution in [1.82, 2.24) is 9.78 Å². The first kappa shape index (κ1) is 13.6. The topological polar surface area (TPSA) is 90.0 Å². The number of benzene rings is 1. The average Bonchev–Trinajstić information content (AvgIpc) is 2.63. The van der Waals surface area contributed by atoms with Crippen LogP contribution in [0.4, 0.5) is 15.9 Å². The number of anilines is 2. The molecule has 6 nitrogen and oxygen atoms in total. The summed E-state index contributed by atoms with van der Waals surface area (Å²) in [6, 6.07) is 3.06. The Labute approximate surface area is 114 Å². The number of sulfonamides is 1. The quantitative estimate of drug-likeness (QED) is 0.901. The van der Waals surface area contributed by atoms with Crippen LogP contribution in [0.2, 0.25) is 5.02 Å². The van der Waals surface area contributed by atoms with Gasteiger partial charge in [0.1, 0.15) is 10.7 Å². The Bertz CT molecular complexity index is 710. The van der Waals surface area contributed by atoms with E-state index in [1.165, 1.54) is 17.9 Å². The summed E-state index contributed by atoms with van der Waals surface area (Å²) in [5.74, 6) is -0.622. The number of halogens is 2. The zero-order valence-corrected chi connectivity index (χ0v) is 11.3. The van der Waals surface area contributed by atoms with Crippen molar-refractivity contribution in [2.24, 2.45) is 7.05 Å². The lowest BCUT2D eigenvalue weighted by molar-refractivity contribution is 0.594. The fourth-order valence-corrected chi connectivity index (χ4v) is 3.07. The van der Waals surface area contributed by atoms with E-state index < -0.39 is 15.8 Å². The number of hydrogen-bond donors (Lipinski definition) is 2. The van der Waals surface area contributed by atoms with Crippen LogP contribution < -0.4 is 10.5 Å². The molecule has 0 aliphatic rings. The van der Waals surface area contributed by atoms with E-state index in [4.69, 9.17) is 17.3 Å². The highest BCUT2D eigenvalue weighted by Gasteiger charge is 2.21. The molecule has 0 saturated heterocycles. The first-order valence-corrected chi connectivity index (χ1v) is 6.93. The molecule has 2 aromatic rings. The van der Waals surface area contributed by atoms with Crippen LogP contribution in [0.5, 0.6) is 0 Å². The fourth-order valence-electron chi connectivity index (χ4n) is 1.44. The third kappa shape index (κ3) is 2.64. The van der Waals surface area contributed by atoms with Gasteiger partial charge in [-0.2, -0.15) is 5.10 Å². The highest BCUT2D eigenvalue weighted by atomic mass is 35.5. The van der Waals surface area contributed by atoms with Gasteiger partial charge in [0, 0.05) is 7.05 Å². The molecule has 1 aromatic heterocycles. The maximum absolute atomic E-state index is 13.1. The van der Waals surface area contributed by atoms with Crippen molar-refractivity contribution in [3.63, 3.8) is 0 Å². The number of aromatic nitrogens is 2. The summed E-state index contributed by atoms with van der Waals surface area (Å²) < 4.78 is 40.8. The number of nitrogens with one attached hydrogen (secondary N) is 1. The Morgan fingerprint density at radius 3 is 2.74 bits per heavy atom. The van der Waals surface area contributed by atoms with Crippen molar-refractivity contribution < 1.29 is 12.8 Å². The van der Waals surface area contributed by atoms with Gasteiger partial charge in [-0.25, -0.2) is 12.8 Å². The van der Waals surface area contributed by atoms with Gasteiger partial charge in [-0.3, -0.25) is 9.40 Å². The third-order valence-corrected chi connectivity index (χ3v) is 4.20. The fraction of sp³-hybridized carbons (Fsp3) is 0.100. The highest BCUT2D eigenvalue weighted by Crippen LogP contribution is 2.26. The van der Waals surface area contributed by atoms with Gasteiger partial charge in [0.05, 0.1) is 16.9 Å². The van der Waals surface area contributed by atoms with Gasteiger partial charge >= 0.3 is 0 Å². The Hall–Kier alpha value is -1.80. The number of nitrogens with zero attached hydrogens (tertiary/aromatic N) is 2.